The van der Waals surface area contributed by atoms with Gasteiger partial charge in [0.05, 0.1) is 0 Å². The van der Waals surface area contributed by atoms with E-state index < -0.39 is 11.9 Å². The standard InChI is InChI=1S/C21H25ClN2O.C2H2O4/c1-23(15-17-5-3-2-4-6-17)21(25)19-11-13-24(14-12-19)16-18-7-9-20(22)10-8-18;3-1(4)2(5)6/h2-10,19H,11-16H2,1H3;(H,3,4)(H,5,6). The van der Waals surface area contributed by atoms with E-state index in [0.717, 1.165) is 37.5 Å². The Hall–Kier alpha value is -2.90. The molecule has 1 fully saturated rings. The largest absolute Gasteiger partial charge is 0.473 e. The molecule has 0 spiro atoms. The van der Waals surface area contributed by atoms with Gasteiger partial charge in [-0.25, -0.2) is 9.59 Å². The molecule has 0 saturated carbocycles. The van der Waals surface area contributed by atoms with Gasteiger partial charge in [0.25, 0.3) is 0 Å². The molecular weight excluding hydrogens is 420 g/mol. The lowest BCUT2D eigenvalue weighted by Crippen LogP contribution is -2.40. The molecule has 8 heteroatoms. The van der Waals surface area contributed by atoms with Crippen molar-refractivity contribution in [3.05, 3.63) is 70.7 Å². The second kappa shape index (κ2) is 12.1. The highest BCUT2D eigenvalue weighted by molar-refractivity contribution is 6.30. The van der Waals surface area contributed by atoms with Crippen LogP contribution in [0.3, 0.4) is 0 Å². The first kappa shape index (κ1) is 24.4. The molecule has 0 radical (unpaired) electrons. The Morgan fingerprint density at radius 3 is 2.00 bits per heavy atom. The molecule has 1 amide bonds. The molecule has 0 atom stereocenters. The number of benzene rings is 2. The van der Waals surface area contributed by atoms with Crippen molar-refractivity contribution in [1.82, 2.24) is 9.80 Å². The smallest absolute Gasteiger partial charge is 0.414 e. The van der Waals surface area contributed by atoms with E-state index in [-0.39, 0.29) is 11.8 Å². The number of carbonyl (C=O) groups excluding carboxylic acids is 1. The molecule has 31 heavy (non-hydrogen) atoms. The lowest BCUT2D eigenvalue weighted by Gasteiger charge is -2.33. The van der Waals surface area contributed by atoms with Crippen molar-refractivity contribution in [3.8, 4) is 0 Å². The Morgan fingerprint density at radius 1 is 0.935 bits per heavy atom. The fourth-order valence-corrected chi connectivity index (χ4v) is 3.56. The fraction of sp³-hybridized carbons (Fsp3) is 0.348. The number of aliphatic carboxylic acids is 2. The number of carboxylic acid groups (broad SMARTS) is 2. The topological polar surface area (TPSA) is 98.2 Å². The summed E-state index contributed by atoms with van der Waals surface area (Å²) in [5.41, 5.74) is 2.45. The normalized spacial score (nSPS) is 14.3. The Bertz CT molecular complexity index is 853. The Morgan fingerprint density at radius 2 is 1.48 bits per heavy atom. The van der Waals surface area contributed by atoms with Gasteiger partial charge in [-0.05, 0) is 49.2 Å². The quantitative estimate of drug-likeness (QED) is 0.683. The maximum Gasteiger partial charge on any atom is 0.414 e. The number of hydrogen-bond donors (Lipinski definition) is 2. The maximum absolute atomic E-state index is 12.7. The van der Waals surface area contributed by atoms with Crippen molar-refractivity contribution in [2.45, 2.75) is 25.9 Å². The highest BCUT2D eigenvalue weighted by Crippen LogP contribution is 2.22. The monoisotopic (exact) mass is 446 g/mol. The molecule has 1 heterocycles. The van der Waals surface area contributed by atoms with Crippen LogP contribution in [0.1, 0.15) is 24.0 Å². The predicted octanol–water partition coefficient (Wildman–Crippen LogP) is 3.37. The van der Waals surface area contributed by atoms with Gasteiger partial charge in [-0.1, -0.05) is 54.1 Å². The molecule has 2 aromatic rings. The third-order valence-corrected chi connectivity index (χ3v) is 5.33. The van der Waals surface area contributed by atoms with Crippen LogP contribution in [0.4, 0.5) is 0 Å². The van der Waals surface area contributed by atoms with Crippen molar-refractivity contribution in [1.29, 1.82) is 0 Å². The van der Waals surface area contributed by atoms with Crippen molar-refractivity contribution >= 4 is 29.4 Å². The van der Waals surface area contributed by atoms with E-state index in [1.165, 1.54) is 11.1 Å². The summed E-state index contributed by atoms with van der Waals surface area (Å²) in [6.07, 6.45) is 1.87. The van der Waals surface area contributed by atoms with E-state index in [1.807, 2.05) is 42.3 Å². The summed E-state index contributed by atoms with van der Waals surface area (Å²) in [4.78, 5) is 35.2. The minimum absolute atomic E-state index is 0.148. The highest BCUT2D eigenvalue weighted by Gasteiger charge is 2.27. The van der Waals surface area contributed by atoms with Crippen LogP contribution in [0.2, 0.25) is 5.02 Å². The second-order valence-electron chi connectivity index (χ2n) is 7.47. The zero-order valence-corrected chi connectivity index (χ0v) is 18.2. The van der Waals surface area contributed by atoms with Crippen LogP contribution in [0.25, 0.3) is 0 Å². The van der Waals surface area contributed by atoms with Gasteiger partial charge >= 0.3 is 11.9 Å². The number of hydrogen-bond acceptors (Lipinski definition) is 4. The summed E-state index contributed by atoms with van der Waals surface area (Å²) in [6, 6.07) is 18.2. The van der Waals surface area contributed by atoms with Gasteiger partial charge in [-0.3, -0.25) is 9.69 Å². The summed E-state index contributed by atoms with van der Waals surface area (Å²) >= 11 is 5.94. The highest BCUT2D eigenvalue weighted by atomic mass is 35.5. The summed E-state index contributed by atoms with van der Waals surface area (Å²) in [6.45, 7) is 3.55. The van der Waals surface area contributed by atoms with Crippen LogP contribution in [0, 0.1) is 5.92 Å². The van der Waals surface area contributed by atoms with Gasteiger partial charge < -0.3 is 15.1 Å². The molecule has 1 aliphatic rings. The first-order chi connectivity index (χ1) is 14.8. The maximum atomic E-state index is 12.7. The predicted molar refractivity (Wildman–Crippen MR) is 118 cm³/mol. The van der Waals surface area contributed by atoms with Crippen LogP contribution in [-0.4, -0.2) is 58.0 Å². The Labute approximate surface area is 186 Å². The third kappa shape index (κ3) is 8.39. The van der Waals surface area contributed by atoms with Crippen LogP contribution in [0.5, 0.6) is 0 Å². The van der Waals surface area contributed by atoms with Gasteiger partial charge in [-0.15, -0.1) is 0 Å². The lowest BCUT2D eigenvalue weighted by atomic mass is 9.95. The van der Waals surface area contributed by atoms with Crippen LogP contribution in [-0.2, 0) is 27.5 Å². The number of piperidine rings is 1. The molecule has 1 aliphatic heterocycles. The van der Waals surface area contributed by atoms with E-state index in [9.17, 15) is 4.79 Å². The average molecular weight is 447 g/mol. The molecule has 1 saturated heterocycles. The molecular formula is C23H27ClN2O5. The molecule has 0 unspecified atom stereocenters. The molecule has 3 rings (SSSR count). The van der Waals surface area contributed by atoms with Crippen LogP contribution >= 0.6 is 11.6 Å². The van der Waals surface area contributed by atoms with Crippen LogP contribution < -0.4 is 0 Å². The minimum Gasteiger partial charge on any atom is -0.473 e. The summed E-state index contributed by atoms with van der Waals surface area (Å²) < 4.78 is 0. The van der Waals surface area contributed by atoms with Gasteiger partial charge in [0.2, 0.25) is 5.91 Å². The summed E-state index contributed by atoms with van der Waals surface area (Å²) in [5.74, 6) is -3.23. The number of rotatable bonds is 5. The van der Waals surface area contributed by atoms with E-state index in [1.54, 1.807) is 0 Å². The Kier molecular flexibility index (Phi) is 9.49. The number of likely N-dealkylation sites (tertiary alicyclic amines) is 1. The summed E-state index contributed by atoms with van der Waals surface area (Å²) in [5, 5.41) is 15.6. The molecule has 166 valence electrons. The first-order valence-corrected chi connectivity index (χ1v) is 10.4. The van der Waals surface area contributed by atoms with Crippen LogP contribution in [0.15, 0.2) is 54.6 Å². The van der Waals surface area contributed by atoms with E-state index in [4.69, 9.17) is 31.4 Å². The number of nitrogens with zero attached hydrogens (tertiary/aromatic N) is 2. The van der Waals surface area contributed by atoms with Crippen molar-refractivity contribution in [3.63, 3.8) is 0 Å². The first-order valence-electron chi connectivity index (χ1n) is 9.98. The average Bonchev–Trinajstić information content (AvgIpc) is 2.76. The second-order valence-corrected chi connectivity index (χ2v) is 7.90. The molecule has 0 aromatic heterocycles. The van der Waals surface area contributed by atoms with Gasteiger partial charge in [0.1, 0.15) is 0 Å². The van der Waals surface area contributed by atoms with Crippen molar-refractivity contribution in [2.24, 2.45) is 5.92 Å². The van der Waals surface area contributed by atoms with E-state index in [2.05, 4.69) is 29.2 Å². The number of amides is 1. The number of carbonyl (C=O) groups is 3. The van der Waals surface area contributed by atoms with E-state index in [0.29, 0.717) is 6.54 Å². The molecule has 0 bridgehead atoms. The zero-order valence-electron chi connectivity index (χ0n) is 17.4. The van der Waals surface area contributed by atoms with Gasteiger partial charge in [0.15, 0.2) is 0 Å². The lowest BCUT2D eigenvalue weighted by molar-refractivity contribution is -0.159. The zero-order chi connectivity index (χ0) is 22.8. The fourth-order valence-electron chi connectivity index (χ4n) is 3.43. The summed E-state index contributed by atoms with van der Waals surface area (Å²) in [7, 11) is 1.91. The molecule has 7 nitrogen and oxygen atoms in total. The SMILES string of the molecule is CN(Cc1ccccc1)C(=O)C1CCN(Cc2ccc(Cl)cc2)CC1.O=C(O)C(=O)O. The van der Waals surface area contributed by atoms with Crippen molar-refractivity contribution in [2.75, 3.05) is 20.1 Å². The number of carboxylic acids is 2. The van der Waals surface area contributed by atoms with Crippen molar-refractivity contribution < 1.29 is 24.6 Å². The third-order valence-electron chi connectivity index (χ3n) is 5.08. The minimum atomic E-state index is -1.82. The number of halogens is 1. The van der Waals surface area contributed by atoms with E-state index >= 15 is 0 Å². The molecule has 0 aliphatic carbocycles. The van der Waals surface area contributed by atoms with Gasteiger partial charge in [0, 0.05) is 31.1 Å². The molecule has 2 N–H and O–H groups in total. The Balaban J connectivity index is 0.000000501. The van der Waals surface area contributed by atoms with Gasteiger partial charge in [-0.2, -0.15) is 0 Å². The molecule has 2 aromatic carbocycles.